The molecule has 1 aliphatic carbocycles. The van der Waals surface area contributed by atoms with E-state index >= 15 is 0 Å². The van der Waals surface area contributed by atoms with Gasteiger partial charge < -0.3 is 10.1 Å². The van der Waals surface area contributed by atoms with Crippen LogP contribution in [0.3, 0.4) is 0 Å². The third-order valence-electron chi connectivity index (χ3n) is 2.55. The predicted octanol–water partition coefficient (Wildman–Crippen LogP) is 2.94. The first-order valence-electron chi connectivity index (χ1n) is 5.49. The summed E-state index contributed by atoms with van der Waals surface area (Å²) in [5, 5.41) is 8.91. The Labute approximate surface area is 86.4 Å². The highest BCUT2D eigenvalue weighted by molar-refractivity contribution is 5.09. The monoisotopic (exact) mass is 195 g/mol. The van der Waals surface area contributed by atoms with Crippen LogP contribution in [0.5, 0.6) is 0 Å². The fraction of sp³-hybridized carbons (Fsp3) is 0.667. The van der Waals surface area contributed by atoms with Gasteiger partial charge in [0.15, 0.2) is 0 Å². The van der Waals surface area contributed by atoms with Crippen molar-refractivity contribution in [1.82, 2.24) is 4.98 Å². The highest BCUT2D eigenvalue weighted by Gasteiger charge is 2.07. The Hall–Kier alpha value is -0.760. The molecule has 1 heterocycles. The molecule has 2 rings (SSSR count). The fourth-order valence-electron chi connectivity index (χ4n) is 1.73. The molecule has 2 nitrogen and oxygen atoms in total. The zero-order valence-electron chi connectivity index (χ0n) is 9.21. The summed E-state index contributed by atoms with van der Waals surface area (Å²) in [6.45, 7) is 4.10. The van der Waals surface area contributed by atoms with Gasteiger partial charge in [-0.1, -0.05) is 19.3 Å². The molecule has 0 radical (unpaired) electrons. The van der Waals surface area contributed by atoms with Gasteiger partial charge in [0.05, 0.1) is 6.10 Å². The van der Waals surface area contributed by atoms with E-state index in [4.69, 9.17) is 5.11 Å². The quantitative estimate of drug-likeness (QED) is 0.656. The fourth-order valence-corrected chi connectivity index (χ4v) is 1.73. The van der Waals surface area contributed by atoms with Crippen molar-refractivity contribution in [2.75, 3.05) is 0 Å². The molecule has 0 saturated heterocycles. The van der Waals surface area contributed by atoms with Gasteiger partial charge in [0.25, 0.3) is 0 Å². The molecule has 1 aromatic heterocycles. The number of hydrogen-bond acceptors (Lipinski definition) is 1. The van der Waals surface area contributed by atoms with Gasteiger partial charge in [0.2, 0.25) is 0 Å². The molecule has 0 unspecified atom stereocenters. The number of nitrogens with one attached hydrogen (secondary N) is 1. The number of hydrogen-bond donors (Lipinski definition) is 2. The second-order valence-electron chi connectivity index (χ2n) is 4.12. The summed E-state index contributed by atoms with van der Waals surface area (Å²) in [5.41, 5.74) is 2.47. The molecule has 0 spiro atoms. The maximum atomic E-state index is 8.91. The van der Waals surface area contributed by atoms with Crippen molar-refractivity contribution in [2.45, 2.75) is 52.1 Å². The van der Waals surface area contributed by atoms with E-state index in [2.05, 4.69) is 17.1 Å². The van der Waals surface area contributed by atoms with Crippen molar-refractivity contribution in [3.8, 4) is 0 Å². The van der Waals surface area contributed by atoms with Crippen LogP contribution >= 0.6 is 0 Å². The molecule has 2 heteroatoms. The van der Waals surface area contributed by atoms with E-state index in [0.717, 1.165) is 12.8 Å². The molecule has 0 amide bonds. The molecular weight excluding hydrogens is 174 g/mol. The zero-order chi connectivity index (χ0) is 10.4. The van der Waals surface area contributed by atoms with Crippen molar-refractivity contribution >= 4 is 0 Å². The second kappa shape index (κ2) is 5.86. The number of H-pyrrole nitrogens is 1. The van der Waals surface area contributed by atoms with Crippen LogP contribution in [0, 0.1) is 13.8 Å². The lowest BCUT2D eigenvalue weighted by Crippen LogP contribution is -2.09. The standard InChI is InChI=1S/C6H9N.C6H12O/c1-5-3-4-6(2)7-5;7-6-4-2-1-3-5-6/h3-4,7H,1-2H3;6-7H,1-5H2. The Bertz CT molecular complexity index is 232. The molecule has 1 fully saturated rings. The minimum Gasteiger partial charge on any atom is -0.393 e. The van der Waals surface area contributed by atoms with E-state index in [1.54, 1.807) is 0 Å². The van der Waals surface area contributed by atoms with Crippen LogP contribution in [0.25, 0.3) is 0 Å². The minimum absolute atomic E-state index is 0.0359. The van der Waals surface area contributed by atoms with E-state index in [0.29, 0.717) is 0 Å². The number of aromatic amines is 1. The van der Waals surface area contributed by atoms with Crippen LogP contribution in [0.4, 0.5) is 0 Å². The summed E-state index contributed by atoms with van der Waals surface area (Å²) < 4.78 is 0. The van der Waals surface area contributed by atoms with Gasteiger partial charge in [-0.2, -0.15) is 0 Å². The third-order valence-corrected chi connectivity index (χ3v) is 2.55. The van der Waals surface area contributed by atoms with Crippen molar-refractivity contribution in [3.05, 3.63) is 23.5 Å². The third kappa shape index (κ3) is 4.47. The van der Waals surface area contributed by atoms with Crippen molar-refractivity contribution in [2.24, 2.45) is 0 Å². The second-order valence-corrected chi connectivity index (χ2v) is 4.12. The first-order chi connectivity index (χ1) is 6.68. The van der Waals surface area contributed by atoms with E-state index in [1.165, 1.54) is 30.7 Å². The summed E-state index contributed by atoms with van der Waals surface area (Å²) in [5.74, 6) is 0. The molecule has 0 bridgehead atoms. The molecule has 1 aliphatic rings. The average Bonchev–Trinajstić information content (AvgIpc) is 2.52. The summed E-state index contributed by atoms with van der Waals surface area (Å²) in [7, 11) is 0. The normalized spacial score (nSPS) is 17.4. The lowest BCUT2D eigenvalue weighted by Gasteiger charge is -2.14. The Kier molecular flexibility index (Phi) is 4.74. The maximum Gasteiger partial charge on any atom is 0.0540 e. The Morgan fingerprint density at radius 1 is 1.07 bits per heavy atom. The largest absolute Gasteiger partial charge is 0.393 e. The summed E-state index contributed by atoms with van der Waals surface area (Å²) in [6, 6.07) is 4.13. The molecule has 0 aliphatic heterocycles. The van der Waals surface area contributed by atoms with Crippen LogP contribution in [-0.4, -0.2) is 16.2 Å². The Balaban J connectivity index is 0.000000140. The van der Waals surface area contributed by atoms with Crippen LogP contribution < -0.4 is 0 Å². The highest BCUT2D eigenvalue weighted by Crippen LogP contribution is 2.16. The molecule has 0 aromatic carbocycles. The number of aliphatic hydroxyl groups is 1. The van der Waals surface area contributed by atoms with E-state index < -0.39 is 0 Å². The van der Waals surface area contributed by atoms with Gasteiger partial charge in [-0.05, 0) is 38.8 Å². The Morgan fingerprint density at radius 2 is 1.57 bits per heavy atom. The summed E-state index contributed by atoms with van der Waals surface area (Å²) in [6.07, 6.45) is 5.92. The van der Waals surface area contributed by atoms with E-state index in [1.807, 2.05) is 13.8 Å². The first kappa shape index (κ1) is 11.3. The molecule has 14 heavy (non-hydrogen) atoms. The highest BCUT2D eigenvalue weighted by atomic mass is 16.3. The molecule has 2 N–H and O–H groups in total. The lowest BCUT2D eigenvalue weighted by atomic mass is 9.98. The van der Waals surface area contributed by atoms with E-state index in [-0.39, 0.29) is 6.10 Å². The smallest absolute Gasteiger partial charge is 0.0540 e. The number of rotatable bonds is 0. The average molecular weight is 195 g/mol. The number of aryl methyl sites for hydroxylation is 2. The van der Waals surface area contributed by atoms with Crippen molar-refractivity contribution in [3.63, 3.8) is 0 Å². The molecular formula is C12H21NO. The van der Waals surface area contributed by atoms with Crippen LogP contribution in [-0.2, 0) is 0 Å². The van der Waals surface area contributed by atoms with Crippen LogP contribution in [0.15, 0.2) is 12.1 Å². The van der Waals surface area contributed by atoms with Crippen LogP contribution in [0.1, 0.15) is 43.5 Å². The van der Waals surface area contributed by atoms with Gasteiger partial charge in [-0.25, -0.2) is 0 Å². The Morgan fingerprint density at radius 3 is 1.79 bits per heavy atom. The van der Waals surface area contributed by atoms with Gasteiger partial charge >= 0.3 is 0 Å². The zero-order valence-corrected chi connectivity index (χ0v) is 9.21. The van der Waals surface area contributed by atoms with Crippen molar-refractivity contribution in [1.29, 1.82) is 0 Å². The molecule has 1 saturated carbocycles. The van der Waals surface area contributed by atoms with Crippen LogP contribution in [0.2, 0.25) is 0 Å². The van der Waals surface area contributed by atoms with E-state index in [9.17, 15) is 0 Å². The number of aromatic nitrogens is 1. The molecule has 0 atom stereocenters. The first-order valence-corrected chi connectivity index (χ1v) is 5.49. The topological polar surface area (TPSA) is 36.0 Å². The molecule has 1 aromatic rings. The molecule has 80 valence electrons. The van der Waals surface area contributed by atoms with Gasteiger partial charge in [-0.3, -0.25) is 0 Å². The van der Waals surface area contributed by atoms with Gasteiger partial charge in [-0.15, -0.1) is 0 Å². The van der Waals surface area contributed by atoms with Gasteiger partial charge in [0.1, 0.15) is 0 Å². The van der Waals surface area contributed by atoms with Crippen molar-refractivity contribution < 1.29 is 5.11 Å². The minimum atomic E-state index is 0.0359. The lowest BCUT2D eigenvalue weighted by molar-refractivity contribution is 0.130. The van der Waals surface area contributed by atoms with Gasteiger partial charge in [0, 0.05) is 11.4 Å². The SMILES string of the molecule is Cc1ccc(C)[nH]1.OC1CCCCC1. The maximum absolute atomic E-state index is 8.91. The predicted molar refractivity (Wildman–Crippen MR) is 59.4 cm³/mol. The summed E-state index contributed by atoms with van der Waals surface area (Å²) >= 11 is 0. The number of aliphatic hydroxyl groups excluding tert-OH is 1. The summed E-state index contributed by atoms with van der Waals surface area (Å²) in [4.78, 5) is 3.14.